The fraction of sp³-hybridized carbons (Fsp3) is 0.824. The van der Waals surface area contributed by atoms with Crippen molar-refractivity contribution in [2.24, 2.45) is 5.92 Å². The lowest BCUT2D eigenvalue weighted by Crippen LogP contribution is -2.46. The van der Waals surface area contributed by atoms with Gasteiger partial charge in [0.05, 0.1) is 11.7 Å². The molecule has 0 aromatic carbocycles. The van der Waals surface area contributed by atoms with Crippen molar-refractivity contribution in [3.05, 3.63) is 11.4 Å². The summed E-state index contributed by atoms with van der Waals surface area (Å²) in [5.74, 6) is 0.826. The number of aromatic nitrogens is 3. The molecule has 1 amide bonds. The van der Waals surface area contributed by atoms with Crippen LogP contribution in [0.4, 0.5) is 0 Å². The Labute approximate surface area is 149 Å². The summed E-state index contributed by atoms with van der Waals surface area (Å²) in [6.45, 7) is 4.93. The van der Waals surface area contributed by atoms with Crippen LogP contribution in [0.15, 0.2) is 0 Å². The third kappa shape index (κ3) is 3.06. The SMILES string of the molecule is Cc1c(C(=O)N2CCCC3CCCC32)nnn1C1CCNCC1.Cl. The van der Waals surface area contributed by atoms with Gasteiger partial charge in [-0.15, -0.1) is 17.5 Å². The van der Waals surface area contributed by atoms with E-state index in [0.29, 0.717) is 23.7 Å². The van der Waals surface area contributed by atoms with Crippen LogP contribution in [0.5, 0.6) is 0 Å². The molecule has 1 aromatic heterocycles. The van der Waals surface area contributed by atoms with Crippen molar-refractivity contribution >= 4 is 18.3 Å². The minimum absolute atomic E-state index is 0. The van der Waals surface area contributed by atoms with Crippen molar-refractivity contribution in [3.8, 4) is 0 Å². The van der Waals surface area contributed by atoms with Crippen LogP contribution in [0, 0.1) is 12.8 Å². The summed E-state index contributed by atoms with van der Waals surface area (Å²) >= 11 is 0. The monoisotopic (exact) mass is 353 g/mol. The molecule has 3 heterocycles. The molecule has 0 bridgehead atoms. The maximum Gasteiger partial charge on any atom is 0.276 e. The van der Waals surface area contributed by atoms with Crippen molar-refractivity contribution in [1.82, 2.24) is 25.2 Å². The van der Waals surface area contributed by atoms with E-state index in [-0.39, 0.29) is 18.3 Å². The van der Waals surface area contributed by atoms with Gasteiger partial charge in [0, 0.05) is 12.6 Å². The first kappa shape index (κ1) is 17.7. The fourth-order valence-electron chi connectivity index (χ4n) is 4.78. The third-order valence-electron chi connectivity index (χ3n) is 6.04. The summed E-state index contributed by atoms with van der Waals surface area (Å²) in [6, 6.07) is 0.825. The molecule has 24 heavy (non-hydrogen) atoms. The lowest BCUT2D eigenvalue weighted by Gasteiger charge is -2.37. The van der Waals surface area contributed by atoms with Crippen LogP contribution in [-0.2, 0) is 0 Å². The van der Waals surface area contributed by atoms with Gasteiger partial charge in [0.1, 0.15) is 0 Å². The average Bonchev–Trinajstić information content (AvgIpc) is 3.21. The van der Waals surface area contributed by atoms with Crippen LogP contribution in [0.1, 0.15) is 67.2 Å². The van der Waals surface area contributed by atoms with Crippen molar-refractivity contribution in [2.45, 2.75) is 64.0 Å². The van der Waals surface area contributed by atoms with Gasteiger partial charge in [-0.25, -0.2) is 4.68 Å². The van der Waals surface area contributed by atoms with Crippen LogP contribution in [0.2, 0.25) is 0 Å². The first-order chi connectivity index (χ1) is 11.3. The van der Waals surface area contributed by atoms with E-state index in [9.17, 15) is 4.79 Å². The Morgan fingerprint density at radius 2 is 1.88 bits per heavy atom. The molecule has 1 N–H and O–H groups in total. The fourth-order valence-corrected chi connectivity index (χ4v) is 4.78. The summed E-state index contributed by atoms with van der Waals surface area (Å²) in [6.07, 6.45) is 8.26. The van der Waals surface area contributed by atoms with Crippen LogP contribution >= 0.6 is 12.4 Å². The third-order valence-corrected chi connectivity index (χ3v) is 6.04. The Morgan fingerprint density at radius 1 is 1.12 bits per heavy atom. The van der Waals surface area contributed by atoms with Crippen LogP contribution in [-0.4, -0.2) is 51.5 Å². The Balaban J connectivity index is 0.00000169. The summed E-state index contributed by atoms with van der Waals surface area (Å²) in [5.41, 5.74) is 1.53. The maximum atomic E-state index is 13.1. The van der Waals surface area contributed by atoms with E-state index < -0.39 is 0 Å². The number of fused-ring (bicyclic) bond motifs is 1. The number of nitrogens with zero attached hydrogens (tertiary/aromatic N) is 4. The first-order valence-electron chi connectivity index (χ1n) is 9.19. The first-order valence-corrected chi connectivity index (χ1v) is 9.19. The number of nitrogens with one attached hydrogen (secondary N) is 1. The van der Waals surface area contributed by atoms with Gasteiger partial charge in [-0.3, -0.25) is 4.79 Å². The molecule has 2 unspecified atom stereocenters. The molecule has 2 aliphatic heterocycles. The maximum absolute atomic E-state index is 13.1. The summed E-state index contributed by atoms with van der Waals surface area (Å²) in [7, 11) is 0. The Kier molecular flexibility index (Phi) is 5.45. The number of carbonyl (C=O) groups is 1. The number of likely N-dealkylation sites (tertiary alicyclic amines) is 1. The number of hydrogen-bond acceptors (Lipinski definition) is 4. The minimum Gasteiger partial charge on any atom is -0.334 e. The van der Waals surface area contributed by atoms with Crippen molar-refractivity contribution in [1.29, 1.82) is 0 Å². The topological polar surface area (TPSA) is 63.1 Å². The van der Waals surface area contributed by atoms with Gasteiger partial charge < -0.3 is 10.2 Å². The highest BCUT2D eigenvalue weighted by Gasteiger charge is 2.39. The van der Waals surface area contributed by atoms with Crippen molar-refractivity contribution in [3.63, 3.8) is 0 Å². The smallest absolute Gasteiger partial charge is 0.276 e. The molecule has 0 spiro atoms. The minimum atomic E-state index is 0. The Bertz CT molecular complexity index is 584. The van der Waals surface area contributed by atoms with E-state index in [1.807, 2.05) is 11.6 Å². The zero-order valence-electron chi connectivity index (χ0n) is 14.4. The summed E-state index contributed by atoms with van der Waals surface area (Å²) < 4.78 is 1.99. The Hall–Kier alpha value is -1.14. The quantitative estimate of drug-likeness (QED) is 0.886. The number of piperidine rings is 2. The molecule has 1 saturated carbocycles. The lowest BCUT2D eigenvalue weighted by atomic mass is 9.91. The van der Waals surface area contributed by atoms with Crippen LogP contribution in [0.25, 0.3) is 0 Å². The summed E-state index contributed by atoms with van der Waals surface area (Å²) in [5, 5.41) is 12.0. The van der Waals surface area contributed by atoms with Gasteiger partial charge in [-0.05, 0) is 64.5 Å². The number of amides is 1. The second-order valence-electron chi connectivity index (χ2n) is 7.35. The molecule has 2 atom stereocenters. The van der Waals surface area contributed by atoms with Gasteiger partial charge in [0.15, 0.2) is 5.69 Å². The van der Waals surface area contributed by atoms with E-state index in [1.54, 1.807) is 0 Å². The van der Waals surface area contributed by atoms with E-state index in [1.165, 1.54) is 19.3 Å². The predicted octanol–water partition coefficient (Wildman–Crippen LogP) is 2.34. The molecule has 4 rings (SSSR count). The van der Waals surface area contributed by atoms with E-state index in [0.717, 1.165) is 51.0 Å². The molecular weight excluding hydrogens is 326 g/mol. The second-order valence-corrected chi connectivity index (χ2v) is 7.35. The van der Waals surface area contributed by atoms with Gasteiger partial charge in [0.25, 0.3) is 5.91 Å². The van der Waals surface area contributed by atoms with Crippen LogP contribution in [0.3, 0.4) is 0 Å². The average molecular weight is 354 g/mol. The normalized spacial score (nSPS) is 27.6. The zero-order chi connectivity index (χ0) is 15.8. The number of halogens is 1. The van der Waals surface area contributed by atoms with E-state index in [4.69, 9.17) is 0 Å². The second kappa shape index (κ2) is 7.40. The molecule has 134 valence electrons. The highest BCUT2D eigenvalue weighted by Crippen LogP contribution is 2.37. The zero-order valence-corrected chi connectivity index (χ0v) is 15.2. The number of rotatable bonds is 2. The van der Waals surface area contributed by atoms with E-state index >= 15 is 0 Å². The molecule has 0 radical (unpaired) electrons. The number of hydrogen-bond donors (Lipinski definition) is 1. The molecule has 1 aromatic rings. The molecular formula is C17H28ClN5O. The molecule has 3 aliphatic rings. The standard InChI is InChI=1S/C17H27N5O.ClH/c1-12-16(19-20-22(12)14-7-9-18-10-8-14)17(23)21-11-3-5-13-4-2-6-15(13)21;/h13-15,18H,2-11H2,1H3;1H. The predicted molar refractivity (Wildman–Crippen MR) is 94.5 cm³/mol. The largest absolute Gasteiger partial charge is 0.334 e. The molecule has 7 heteroatoms. The molecule has 1 aliphatic carbocycles. The van der Waals surface area contributed by atoms with E-state index in [2.05, 4.69) is 20.5 Å². The van der Waals surface area contributed by atoms with Gasteiger partial charge >= 0.3 is 0 Å². The highest BCUT2D eigenvalue weighted by molar-refractivity contribution is 5.93. The molecule has 3 fully saturated rings. The lowest BCUT2D eigenvalue weighted by molar-refractivity contribution is 0.0541. The molecule has 6 nitrogen and oxygen atoms in total. The van der Waals surface area contributed by atoms with Gasteiger partial charge in [-0.2, -0.15) is 0 Å². The van der Waals surface area contributed by atoms with Gasteiger partial charge in [-0.1, -0.05) is 11.6 Å². The van der Waals surface area contributed by atoms with Crippen molar-refractivity contribution in [2.75, 3.05) is 19.6 Å². The Morgan fingerprint density at radius 3 is 2.67 bits per heavy atom. The van der Waals surface area contributed by atoms with Crippen LogP contribution < -0.4 is 5.32 Å². The highest BCUT2D eigenvalue weighted by atomic mass is 35.5. The van der Waals surface area contributed by atoms with Gasteiger partial charge in [0.2, 0.25) is 0 Å². The summed E-state index contributed by atoms with van der Waals surface area (Å²) in [4.78, 5) is 15.2. The molecule has 2 saturated heterocycles. The van der Waals surface area contributed by atoms with Crippen molar-refractivity contribution < 1.29 is 4.79 Å². The number of carbonyl (C=O) groups excluding carboxylic acids is 1.